The van der Waals surface area contributed by atoms with Crippen molar-refractivity contribution in [2.45, 2.75) is 52.9 Å². The van der Waals surface area contributed by atoms with Gasteiger partial charge in [0.25, 0.3) is 6.47 Å². The molecule has 0 bridgehead atoms. The van der Waals surface area contributed by atoms with Gasteiger partial charge in [0.05, 0.1) is 6.61 Å². The monoisotopic (exact) mass is 186 g/mol. The van der Waals surface area contributed by atoms with Gasteiger partial charge in [-0.25, -0.2) is 0 Å². The Kier molecular flexibility index (Phi) is 6.65. The molecule has 0 aliphatic carbocycles. The van der Waals surface area contributed by atoms with Crippen LogP contribution in [0.5, 0.6) is 0 Å². The van der Waals surface area contributed by atoms with Crippen molar-refractivity contribution in [3.8, 4) is 0 Å². The maximum atomic E-state index is 9.82. The van der Waals surface area contributed by atoms with E-state index in [-0.39, 0.29) is 0 Å². The zero-order valence-electron chi connectivity index (χ0n) is 9.14. The molecular weight excluding hydrogens is 164 g/mol. The molecule has 0 saturated heterocycles. The van der Waals surface area contributed by atoms with Crippen molar-refractivity contribution in [1.82, 2.24) is 0 Å². The first-order valence-corrected chi connectivity index (χ1v) is 5.17. The summed E-state index contributed by atoms with van der Waals surface area (Å²) in [6.07, 6.45) is 5.90. The van der Waals surface area contributed by atoms with Crippen LogP contribution in [0.1, 0.15) is 52.9 Å². The van der Waals surface area contributed by atoms with Crippen molar-refractivity contribution in [1.29, 1.82) is 0 Å². The number of carbonyl (C=O) groups is 1. The van der Waals surface area contributed by atoms with Gasteiger partial charge < -0.3 is 4.74 Å². The second-order valence-electron chi connectivity index (χ2n) is 4.30. The van der Waals surface area contributed by atoms with E-state index >= 15 is 0 Å². The Morgan fingerprint density at radius 1 is 1.23 bits per heavy atom. The molecule has 0 rings (SSSR count). The maximum absolute atomic E-state index is 9.82. The molecule has 0 radical (unpaired) electrons. The first-order chi connectivity index (χ1) is 6.12. The molecule has 78 valence electrons. The Bertz CT molecular complexity index is 130. The topological polar surface area (TPSA) is 26.3 Å². The van der Waals surface area contributed by atoms with Crippen molar-refractivity contribution in [2.75, 3.05) is 6.61 Å². The Balaban J connectivity index is 3.20. The smallest absolute Gasteiger partial charge is 0.293 e. The molecule has 0 spiro atoms. The third-order valence-corrected chi connectivity index (χ3v) is 2.64. The van der Waals surface area contributed by atoms with Crippen LogP contribution in [0.2, 0.25) is 0 Å². The summed E-state index contributed by atoms with van der Waals surface area (Å²) in [5.41, 5.74) is 0.478. The van der Waals surface area contributed by atoms with Gasteiger partial charge in [-0.05, 0) is 18.3 Å². The van der Waals surface area contributed by atoms with Crippen LogP contribution >= 0.6 is 0 Å². The summed E-state index contributed by atoms with van der Waals surface area (Å²) in [5.74, 6) is 0. The number of carbonyl (C=O) groups excluding carboxylic acids is 1. The van der Waals surface area contributed by atoms with E-state index in [1.165, 1.54) is 19.3 Å². The summed E-state index contributed by atoms with van der Waals surface area (Å²) < 4.78 is 4.61. The molecule has 0 saturated carbocycles. The van der Waals surface area contributed by atoms with E-state index < -0.39 is 0 Å². The van der Waals surface area contributed by atoms with Gasteiger partial charge >= 0.3 is 0 Å². The third-order valence-electron chi connectivity index (χ3n) is 2.64. The van der Waals surface area contributed by atoms with Gasteiger partial charge in [-0.15, -0.1) is 0 Å². The summed E-state index contributed by atoms with van der Waals surface area (Å²) >= 11 is 0. The molecule has 0 N–H and O–H groups in total. The highest BCUT2D eigenvalue weighted by molar-refractivity contribution is 5.36. The zero-order chi connectivity index (χ0) is 10.2. The molecule has 0 atom stereocenters. The first-order valence-electron chi connectivity index (χ1n) is 5.17. The number of hydrogen-bond acceptors (Lipinski definition) is 2. The summed E-state index contributed by atoms with van der Waals surface area (Å²) in [6.45, 7) is 7.94. The third kappa shape index (κ3) is 7.82. The van der Waals surface area contributed by atoms with Gasteiger partial charge in [0.15, 0.2) is 0 Å². The maximum Gasteiger partial charge on any atom is 0.293 e. The minimum atomic E-state index is 0.478. The quantitative estimate of drug-likeness (QED) is 0.430. The number of hydrogen-bond donors (Lipinski definition) is 0. The molecule has 0 aliphatic rings. The van der Waals surface area contributed by atoms with E-state index in [1.54, 1.807) is 0 Å². The lowest BCUT2D eigenvalue weighted by Gasteiger charge is -2.21. The van der Waals surface area contributed by atoms with E-state index in [4.69, 9.17) is 0 Å². The number of rotatable bonds is 8. The van der Waals surface area contributed by atoms with Crippen LogP contribution in [0.25, 0.3) is 0 Å². The SMILES string of the molecule is CCC(C)(C)CCCCCOC=O. The molecule has 0 heterocycles. The van der Waals surface area contributed by atoms with Crippen LogP contribution in [0.3, 0.4) is 0 Å². The summed E-state index contributed by atoms with van der Waals surface area (Å²) in [6, 6.07) is 0. The minimum Gasteiger partial charge on any atom is -0.468 e. The van der Waals surface area contributed by atoms with Crippen molar-refractivity contribution < 1.29 is 9.53 Å². The molecule has 2 heteroatoms. The van der Waals surface area contributed by atoms with Crippen LogP contribution in [0, 0.1) is 5.41 Å². The molecular formula is C11H22O2. The molecule has 0 aromatic rings. The largest absolute Gasteiger partial charge is 0.468 e. The van der Waals surface area contributed by atoms with E-state index in [9.17, 15) is 4.79 Å². The highest BCUT2D eigenvalue weighted by Gasteiger charge is 2.13. The molecule has 0 fully saturated rings. The van der Waals surface area contributed by atoms with Crippen molar-refractivity contribution in [3.05, 3.63) is 0 Å². The zero-order valence-corrected chi connectivity index (χ0v) is 9.14. The highest BCUT2D eigenvalue weighted by atomic mass is 16.5. The van der Waals surface area contributed by atoms with E-state index in [2.05, 4.69) is 25.5 Å². The van der Waals surface area contributed by atoms with Gasteiger partial charge in [-0.2, -0.15) is 0 Å². The molecule has 13 heavy (non-hydrogen) atoms. The fourth-order valence-corrected chi connectivity index (χ4v) is 1.19. The van der Waals surface area contributed by atoms with Crippen molar-refractivity contribution in [2.24, 2.45) is 5.41 Å². The van der Waals surface area contributed by atoms with Crippen LogP contribution in [-0.2, 0) is 9.53 Å². The second kappa shape index (κ2) is 6.93. The van der Waals surface area contributed by atoms with Gasteiger partial charge in [-0.3, -0.25) is 4.79 Å². The van der Waals surface area contributed by atoms with E-state index in [0.717, 1.165) is 12.8 Å². The van der Waals surface area contributed by atoms with E-state index in [1.807, 2.05) is 0 Å². The normalized spacial score (nSPS) is 11.3. The molecule has 0 aromatic heterocycles. The Morgan fingerprint density at radius 2 is 1.92 bits per heavy atom. The van der Waals surface area contributed by atoms with Crippen LogP contribution in [0.4, 0.5) is 0 Å². The fraction of sp³-hybridized carbons (Fsp3) is 0.909. The average molecular weight is 186 g/mol. The molecule has 2 nitrogen and oxygen atoms in total. The van der Waals surface area contributed by atoms with Crippen molar-refractivity contribution >= 4 is 6.47 Å². The van der Waals surface area contributed by atoms with Crippen LogP contribution < -0.4 is 0 Å². The van der Waals surface area contributed by atoms with Gasteiger partial charge in [0.2, 0.25) is 0 Å². The number of unbranched alkanes of at least 4 members (excludes halogenated alkanes) is 2. The molecule has 0 unspecified atom stereocenters. The second-order valence-corrected chi connectivity index (χ2v) is 4.30. The summed E-state index contributed by atoms with van der Waals surface area (Å²) in [7, 11) is 0. The Hall–Kier alpha value is -0.530. The lowest BCUT2D eigenvalue weighted by Crippen LogP contribution is -2.09. The van der Waals surface area contributed by atoms with Gasteiger partial charge in [0, 0.05) is 0 Å². The molecule has 0 aromatic carbocycles. The average Bonchev–Trinajstić information content (AvgIpc) is 2.11. The first kappa shape index (κ1) is 12.5. The highest BCUT2D eigenvalue weighted by Crippen LogP contribution is 2.26. The van der Waals surface area contributed by atoms with Gasteiger partial charge in [0.1, 0.15) is 0 Å². The lowest BCUT2D eigenvalue weighted by atomic mass is 9.84. The Morgan fingerprint density at radius 3 is 2.46 bits per heavy atom. The van der Waals surface area contributed by atoms with Crippen LogP contribution in [-0.4, -0.2) is 13.1 Å². The molecule has 0 amide bonds. The molecule has 0 aliphatic heterocycles. The predicted molar refractivity (Wildman–Crippen MR) is 54.6 cm³/mol. The van der Waals surface area contributed by atoms with E-state index in [0.29, 0.717) is 18.5 Å². The minimum absolute atomic E-state index is 0.478. The summed E-state index contributed by atoms with van der Waals surface area (Å²) in [4.78, 5) is 9.82. The summed E-state index contributed by atoms with van der Waals surface area (Å²) in [5, 5.41) is 0. The van der Waals surface area contributed by atoms with Crippen LogP contribution in [0.15, 0.2) is 0 Å². The fourth-order valence-electron chi connectivity index (χ4n) is 1.19. The Labute approximate surface area is 81.7 Å². The predicted octanol–water partition coefficient (Wildman–Crippen LogP) is 3.16. The standard InChI is InChI=1S/C11H22O2/c1-4-11(2,3)8-6-5-7-9-13-10-12/h10H,4-9H2,1-3H3. The van der Waals surface area contributed by atoms with Crippen molar-refractivity contribution in [3.63, 3.8) is 0 Å². The lowest BCUT2D eigenvalue weighted by molar-refractivity contribution is -0.128. The van der Waals surface area contributed by atoms with Gasteiger partial charge in [-0.1, -0.05) is 40.0 Å². The number of ether oxygens (including phenoxy) is 1.